The molecule has 5 nitrogen and oxygen atoms in total. The Labute approximate surface area is 89.3 Å². The molecule has 1 aromatic heterocycles. The van der Waals surface area contributed by atoms with Gasteiger partial charge in [-0.1, -0.05) is 13.8 Å². The van der Waals surface area contributed by atoms with E-state index in [0.717, 1.165) is 0 Å². The SMILES string of the molecule is Cn1ccnc(NCC(C)(C)CN)c1=O. The number of hydrogen-bond acceptors (Lipinski definition) is 4. The summed E-state index contributed by atoms with van der Waals surface area (Å²) in [5.74, 6) is 0.376. The van der Waals surface area contributed by atoms with Gasteiger partial charge < -0.3 is 15.6 Å². The number of hydrogen-bond donors (Lipinski definition) is 2. The Morgan fingerprint density at radius 1 is 1.60 bits per heavy atom. The molecule has 0 fully saturated rings. The van der Waals surface area contributed by atoms with Crippen molar-refractivity contribution in [1.82, 2.24) is 9.55 Å². The van der Waals surface area contributed by atoms with E-state index in [1.54, 1.807) is 19.4 Å². The molecule has 0 saturated carbocycles. The van der Waals surface area contributed by atoms with Crippen LogP contribution >= 0.6 is 0 Å². The summed E-state index contributed by atoms with van der Waals surface area (Å²) in [6.07, 6.45) is 3.22. The highest BCUT2D eigenvalue weighted by atomic mass is 16.1. The minimum Gasteiger partial charge on any atom is -0.365 e. The van der Waals surface area contributed by atoms with E-state index < -0.39 is 0 Å². The van der Waals surface area contributed by atoms with Crippen LogP contribution in [0.2, 0.25) is 0 Å². The summed E-state index contributed by atoms with van der Waals surface area (Å²) in [4.78, 5) is 15.6. The van der Waals surface area contributed by atoms with Crippen molar-refractivity contribution in [2.75, 3.05) is 18.4 Å². The predicted octanol–water partition coefficient (Wildman–Crippen LogP) is 0.177. The van der Waals surface area contributed by atoms with Crippen molar-refractivity contribution >= 4 is 5.82 Å². The Balaban J connectivity index is 2.75. The molecule has 0 saturated heterocycles. The fourth-order valence-corrected chi connectivity index (χ4v) is 1.01. The molecule has 0 spiro atoms. The first-order valence-corrected chi connectivity index (χ1v) is 4.92. The van der Waals surface area contributed by atoms with Crippen LogP contribution in [-0.2, 0) is 7.05 Å². The van der Waals surface area contributed by atoms with Crippen LogP contribution in [-0.4, -0.2) is 22.6 Å². The molecule has 1 heterocycles. The van der Waals surface area contributed by atoms with Gasteiger partial charge in [0, 0.05) is 26.0 Å². The molecule has 0 aliphatic heterocycles. The second-order valence-corrected chi connectivity index (χ2v) is 4.41. The third kappa shape index (κ3) is 3.06. The van der Waals surface area contributed by atoms with Crippen LogP contribution in [0.1, 0.15) is 13.8 Å². The summed E-state index contributed by atoms with van der Waals surface area (Å²) in [6.45, 7) is 5.27. The molecule has 0 aromatic carbocycles. The molecular weight excluding hydrogens is 192 g/mol. The first-order chi connectivity index (χ1) is 6.96. The third-order valence-corrected chi connectivity index (χ3v) is 2.30. The normalized spacial score (nSPS) is 11.5. The zero-order valence-electron chi connectivity index (χ0n) is 9.45. The van der Waals surface area contributed by atoms with Gasteiger partial charge in [-0.05, 0) is 12.0 Å². The topological polar surface area (TPSA) is 72.9 Å². The molecule has 5 heteroatoms. The van der Waals surface area contributed by atoms with Crippen molar-refractivity contribution in [2.24, 2.45) is 18.2 Å². The van der Waals surface area contributed by atoms with Crippen LogP contribution in [0.3, 0.4) is 0 Å². The highest BCUT2D eigenvalue weighted by Crippen LogP contribution is 2.12. The second kappa shape index (κ2) is 4.44. The highest BCUT2D eigenvalue weighted by molar-refractivity contribution is 5.30. The third-order valence-electron chi connectivity index (χ3n) is 2.30. The minimum atomic E-state index is -0.120. The molecule has 0 atom stereocenters. The summed E-state index contributed by atoms with van der Waals surface area (Å²) in [6, 6.07) is 0. The molecule has 1 aromatic rings. The first kappa shape index (κ1) is 11.7. The van der Waals surface area contributed by atoms with E-state index in [-0.39, 0.29) is 11.0 Å². The summed E-state index contributed by atoms with van der Waals surface area (Å²) >= 11 is 0. The molecule has 0 bridgehead atoms. The lowest BCUT2D eigenvalue weighted by Gasteiger charge is -2.22. The number of aromatic nitrogens is 2. The van der Waals surface area contributed by atoms with Crippen molar-refractivity contribution in [2.45, 2.75) is 13.8 Å². The van der Waals surface area contributed by atoms with Gasteiger partial charge in [-0.25, -0.2) is 4.98 Å². The van der Waals surface area contributed by atoms with E-state index in [9.17, 15) is 4.79 Å². The molecule has 3 N–H and O–H groups in total. The summed E-state index contributed by atoms with van der Waals surface area (Å²) < 4.78 is 1.49. The molecule has 0 radical (unpaired) electrons. The van der Waals surface area contributed by atoms with E-state index in [1.165, 1.54) is 4.57 Å². The van der Waals surface area contributed by atoms with Crippen LogP contribution in [0, 0.1) is 5.41 Å². The molecule has 0 unspecified atom stereocenters. The van der Waals surface area contributed by atoms with Crippen LogP contribution < -0.4 is 16.6 Å². The zero-order valence-corrected chi connectivity index (χ0v) is 9.45. The minimum absolute atomic E-state index is 0.0392. The van der Waals surface area contributed by atoms with Gasteiger partial charge in [0.15, 0.2) is 5.82 Å². The lowest BCUT2D eigenvalue weighted by molar-refractivity contribution is 0.405. The molecule has 0 aliphatic carbocycles. The van der Waals surface area contributed by atoms with E-state index >= 15 is 0 Å². The molecule has 0 amide bonds. The Morgan fingerprint density at radius 2 is 2.27 bits per heavy atom. The van der Waals surface area contributed by atoms with Crippen LogP contribution in [0.25, 0.3) is 0 Å². The maximum atomic E-state index is 11.6. The van der Waals surface area contributed by atoms with Crippen LogP contribution in [0.4, 0.5) is 5.82 Å². The van der Waals surface area contributed by atoms with Gasteiger partial charge in [-0.3, -0.25) is 4.79 Å². The molecule has 15 heavy (non-hydrogen) atoms. The van der Waals surface area contributed by atoms with Crippen LogP contribution in [0.15, 0.2) is 17.2 Å². The van der Waals surface area contributed by atoms with E-state index in [4.69, 9.17) is 5.73 Å². The number of rotatable bonds is 4. The predicted molar refractivity (Wildman–Crippen MR) is 60.8 cm³/mol. The Kier molecular flexibility index (Phi) is 3.47. The largest absolute Gasteiger partial charge is 0.365 e. The van der Waals surface area contributed by atoms with Crippen molar-refractivity contribution in [3.8, 4) is 0 Å². The number of nitrogens with zero attached hydrogens (tertiary/aromatic N) is 2. The van der Waals surface area contributed by atoms with Crippen molar-refractivity contribution in [1.29, 1.82) is 0 Å². The van der Waals surface area contributed by atoms with Gasteiger partial charge in [0.25, 0.3) is 5.56 Å². The van der Waals surface area contributed by atoms with Crippen molar-refractivity contribution in [3.05, 3.63) is 22.7 Å². The molecular formula is C10H18N4O. The van der Waals surface area contributed by atoms with Gasteiger partial charge in [0.05, 0.1) is 0 Å². The monoisotopic (exact) mass is 210 g/mol. The average Bonchev–Trinajstić information content (AvgIpc) is 2.20. The van der Waals surface area contributed by atoms with E-state index in [1.807, 2.05) is 13.8 Å². The Bertz CT molecular complexity index is 383. The first-order valence-electron chi connectivity index (χ1n) is 4.92. The lowest BCUT2D eigenvalue weighted by Crippen LogP contribution is -2.33. The van der Waals surface area contributed by atoms with E-state index in [2.05, 4.69) is 10.3 Å². The van der Waals surface area contributed by atoms with Crippen molar-refractivity contribution in [3.63, 3.8) is 0 Å². The molecule has 1 rings (SSSR count). The van der Waals surface area contributed by atoms with Crippen LogP contribution in [0.5, 0.6) is 0 Å². The van der Waals surface area contributed by atoms with Gasteiger partial charge in [-0.15, -0.1) is 0 Å². The maximum absolute atomic E-state index is 11.6. The van der Waals surface area contributed by atoms with Gasteiger partial charge >= 0.3 is 0 Å². The second-order valence-electron chi connectivity index (χ2n) is 4.41. The number of nitrogens with one attached hydrogen (secondary N) is 1. The summed E-state index contributed by atoms with van der Waals surface area (Å²) in [5, 5.41) is 3.02. The number of aryl methyl sites for hydroxylation is 1. The summed E-state index contributed by atoms with van der Waals surface area (Å²) in [5.41, 5.74) is 5.44. The van der Waals surface area contributed by atoms with E-state index in [0.29, 0.717) is 18.9 Å². The Hall–Kier alpha value is -1.36. The average molecular weight is 210 g/mol. The van der Waals surface area contributed by atoms with Crippen molar-refractivity contribution < 1.29 is 0 Å². The smallest absolute Gasteiger partial charge is 0.293 e. The zero-order chi connectivity index (χ0) is 11.5. The maximum Gasteiger partial charge on any atom is 0.293 e. The summed E-state index contributed by atoms with van der Waals surface area (Å²) in [7, 11) is 1.70. The fourth-order valence-electron chi connectivity index (χ4n) is 1.01. The molecule has 84 valence electrons. The number of anilines is 1. The Morgan fingerprint density at radius 3 is 2.87 bits per heavy atom. The number of nitrogens with two attached hydrogens (primary N) is 1. The van der Waals surface area contributed by atoms with Gasteiger partial charge in [-0.2, -0.15) is 0 Å². The standard InChI is InChI=1S/C10H18N4O/c1-10(2,6-11)7-13-8-9(15)14(3)5-4-12-8/h4-5H,6-7,11H2,1-3H3,(H,12,13). The quantitative estimate of drug-likeness (QED) is 0.743. The highest BCUT2D eigenvalue weighted by Gasteiger charge is 2.16. The fraction of sp³-hybridized carbons (Fsp3) is 0.600. The lowest BCUT2D eigenvalue weighted by atomic mass is 9.94. The van der Waals surface area contributed by atoms with Gasteiger partial charge in [0.2, 0.25) is 0 Å². The van der Waals surface area contributed by atoms with Gasteiger partial charge in [0.1, 0.15) is 0 Å². The molecule has 0 aliphatic rings.